The molecule has 2 N–H and O–H groups in total. The number of carbonyl (C=O) groups is 3. The average molecular weight is 268 g/mol. The quantitative estimate of drug-likeness (QED) is 0.736. The van der Waals surface area contributed by atoms with Crippen molar-refractivity contribution in [1.29, 1.82) is 0 Å². The van der Waals surface area contributed by atoms with Crippen LogP contribution in [0.4, 0.5) is 18.0 Å². The number of carboxylic acids is 1. The first kappa shape index (κ1) is 15.9. The molecule has 0 aliphatic rings. The number of nitrogens with one attached hydrogen (secondary N) is 1. The van der Waals surface area contributed by atoms with Gasteiger partial charge < -0.3 is 10.0 Å². The molecule has 0 aliphatic heterocycles. The summed E-state index contributed by atoms with van der Waals surface area (Å²) < 4.78 is 35.5. The Bertz CT molecular complexity index is 365. The van der Waals surface area contributed by atoms with Gasteiger partial charge in [0.2, 0.25) is 0 Å². The zero-order chi connectivity index (χ0) is 14.3. The van der Waals surface area contributed by atoms with Crippen LogP contribution in [-0.4, -0.2) is 47.7 Å². The molecule has 0 aromatic carbocycles. The Labute approximate surface area is 100 Å². The number of rotatable bonds is 4. The minimum absolute atomic E-state index is 0.498. The first-order valence-electron chi connectivity index (χ1n) is 4.65. The second kappa shape index (κ2) is 6.62. The summed E-state index contributed by atoms with van der Waals surface area (Å²) in [5, 5.41) is 9.89. The number of alkyl halides is 3. The topological polar surface area (TPSA) is 86.7 Å². The highest BCUT2D eigenvalue weighted by Crippen LogP contribution is 2.19. The Morgan fingerprint density at radius 2 is 1.83 bits per heavy atom. The lowest BCUT2D eigenvalue weighted by molar-refractivity contribution is -0.136. The highest BCUT2D eigenvalue weighted by atomic mass is 19.4. The molecule has 18 heavy (non-hydrogen) atoms. The molecule has 0 atom stereocenters. The number of aliphatic carboxylic acids is 1. The number of imide groups is 1. The van der Waals surface area contributed by atoms with Gasteiger partial charge in [0.15, 0.2) is 0 Å². The van der Waals surface area contributed by atoms with E-state index in [-0.39, 0.29) is 0 Å². The molecule has 0 fully saturated rings. The summed E-state index contributed by atoms with van der Waals surface area (Å²) in [5.74, 6) is -2.41. The van der Waals surface area contributed by atoms with Gasteiger partial charge in [0.05, 0.1) is 6.42 Å². The zero-order valence-electron chi connectivity index (χ0n) is 9.32. The van der Waals surface area contributed by atoms with Crippen LogP contribution in [0.1, 0.15) is 6.42 Å². The third kappa shape index (κ3) is 8.13. The molecule has 0 aliphatic carbocycles. The highest BCUT2D eigenvalue weighted by molar-refractivity contribution is 6.02. The minimum Gasteiger partial charge on any atom is -0.478 e. The molecular formula is C9H11F3N2O4. The van der Waals surface area contributed by atoms with E-state index in [1.165, 1.54) is 0 Å². The Balaban J connectivity index is 4.16. The molecule has 0 aromatic rings. The van der Waals surface area contributed by atoms with Crippen LogP contribution in [0.3, 0.4) is 0 Å². The molecule has 0 radical (unpaired) electrons. The first-order chi connectivity index (χ1) is 8.11. The van der Waals surface area contributed by atoms with Crippen LogP contribution in [-0.2, 0) is 9.59 Å². The fourth-order valence-electron chi connectivity index (χ4n) is 0.785. The van der Waals surface area contributed by atoms with Crippen molar-refractivity contribution in [2.45, 2.75) is 12.6 Å². The van der Waals surface area contributed by atoms with Crippen molar-refractivity contribution in [3.05, 3.63) is 12.2 Å². The third-order valence-electron chi connectivity index (χ3n) is 1.68. The maximum atomic E-state index is 11.8. The standard InChI is InChI=1S/C9H11F3N2O4/c1-14(5-4-9(10,11)12)8(18)13-6(15)2-3-7(16)17/h2-3H,4-5H2,1H3,(H,16,17)(H,13,15,18). The van der Waals surface area contributed by atoms with E-state index in [1.54, 1.807) is 5.32 Å². The van der Waals surface area contributed by atoms with Gasteiger partial charge >= 0.3 is 18.2 Å². The largest absolute Gasteiger partial charge is 0.478 e. The van der Waals surface area contributed by atoms with E-state index in [2.05, 4.69) is 0 Å². The van der Waals surface area contributed by atoms with E-state index >= 15 is 0 Å². The molecule has 0 bridgehead atoms. The van der Waals surface area contributed by atoms with Crippen molar-refractivity contribution in [2.24, 2.45) is 0 Å². The van der Waals surface area contributed by atoms with E-state index in [9.17, 15) is 27.6 Å². The van der Waals surface area contributed by atoms with Crippen LogP contribution >= 0.6 is 0 Å². The predicted octanol–water partition coefficient (Wildman–Crippen LogP) is 0.748. The minimum atomic E-state index is -4.40. The zero-order valence-corrected chi connectivity index (χ0v) is 9.32. The molecule has 6 nitrogen and oxygen atoms in total. The van der Waals surface area contributed by atoms with Crippen LogP contribution in [0, 0.1) is 0 Å². The van der Waals surface area contributed by atoms with Crippen molar-refractivity contribution in [2.75, 3.05) is 13.6 Å². The second-order valence-electron chi connectivity index (χ2n) is 3.25. The molecule has 0 aromatic heterocycles. The Morgan fingerprint density at radius 3 is 2.28 bits per heavy atom. The smallest absolute Gasteiger partial charge is 0.390 e. The maximum absolute atomic E-state index is 11.8. The third-order valence-corrected chi connectivity index (χ3v) is 1.68. The van der Waals surface area contributed by atoms with Gasteiger partial charge in [0.1, 0.15) is 0 Å². The summed E-state index contributed by atoms with van der Waals surface area (Å²) in [6.45, 7) is -0.606. The average Bonchev–Trinajstić information content (AvgIpc) is 2.21. The van der Waals surface area contributed by atoms with Crippen LogP contribution in [0.15, 0.2) is 12.2 Å². The summed E-state index contributed by atoms with van der Waals surface area (Å²) in [6.07, 6.45) is -4.52. The highest BCUT2D eigenvalue weighted by Gasteiger charge is 2.28. The number of nitrogens with zero attached hydrogens (tertiary/aromatic N) is 1. The number of carboxylic acid groups (broad SMARTS) is 1. The van der Waals surface area contributed by atoms with Crippen LogP contribution in [0.5, 0.6) is 0 Å². The summed E-state index contributed by atoms with van der Waals surface area (Å²) in [7, 11) is 1.08. The molecule has 0 saturated heterocycles. The van der Waals surface area contributed by atoms with E-state index in [0.717, 1.165) is 7.05 Å². The Hall–Kier alpha value is -2.06. The fourth-order valence-corrected chi connectivity index (χ4v) is 0.785. The Kier molecular flexibility index (Phi) is 5.86. The maximum Gasteiger partial charge on any atom is 0.390 e. The summed E-state index contributed by atoms with van der Waals surface area (Å²) in [5.41, 5.74) is 0. The molecule has 9 heteroatoms. The van der Waals surface area contributed by atoms with Crippen LogP contribution in [0.2, 0.25) is 0 Å². The lowest BCUT2D eigenvalue weighted by Crippen LogP contribution is -2.41. The lowest BCUT2D eigenvalue weighted by Gasteiger charge is -2.17. The normalized spacial score (nSPS) is 11.3. The molecule has 0 unspecified atom stereocenters. The van der Waals surface area contributed by atoms with Gasteiger partial charge in [0, 0.05) is 25.7 Å². The van der Waals surface area contributed by atoms with Gasteiger partial charge in [-0.05, 0) is 0 Å². The van der Waals surface area contributed by atoms with Crippen molar-refractivity contribution in [3.63, 3.8) is 0 Å². The van der Waals surface area contributed by atoms with Gasteiger partial charge in [-0.1, -0.05) is 0 Å². The Morgan fingerprint density at radius 1 is 1.28 bits per heavy atom. The molecule has 0 rings (SSSR count). The monoisotopic (exact) mass is 268 g/mol. The van der Waals surface area contributed by atoms with Crippen LogP contribution in [0.25, 0.3) is 0 Å². The number of halogens is 3. The van der Waals surface area contributed by atoms with E-state index in [1.807, 2.05) is 0 Å². The molecular weight excluding hydrogens is 257 g/mol. The molecule has 0 heterocycles. The molecule has 3 amide bonds. The molecule has 0 saturated carbocycles. The summed E-state index contributed by atoms with van der Waals surface area (Å²) >= 11 is 0. The molecule has 0 spiro atoms. The van der Waals surface area contributed by atoms with Crippen molar-refractivity contribution >= 4 is 17.9 Å². The van der Waals surface area contributed by atoms with Crippen molar-refractivity contribution in [1.82, 2.24) is 10.2 Å². The van der Waals surface area contributed by atoms with Gasteiger partial charge in [-0.3, -0.25) is 10.1 Å². The van der Waals surface area contributed by atoms with Crippen molar-refractivity contribution < 1.29 is 32.7 Å². The fraction of sp³-hybridized carbons (Fsp3) is 0.444. The SMILES string of the molecule is CN(CCC(F)(F)F)C(=O)NC(=O)C=CC(=O)O. The molecule has 102 valence electrons. The lowest BCUT2D eigenvalue weighted by atomic mass is 10.4. The van der Waals surface area contributed by atoms with E-state index in [4.69, 9.17) is 5.11 Å². The van der Waals surface area contributed by atoms with Crippen molar-refractivity contribution in [3.8, 4) is 0 Å². The number of amides is 3. The van der Waals surface area contributed by atoms with Gasteiger partial charge in [-0.2, -0.15) is 13.2 Å². The predicted molar refractivity (Wildman–Crippen MR) is 53.6 cm³/mol. The van der Waals surface area contributed by atoms with Crippen LogP contribution < -0.4 is 5.32 Å². The number of hydrogen-bond donors (Lipinski definition) is 2. The summed E-state index contributed by atoms with van der Waals surface area (Å²) in [6, 6.07) is -1.04. The number of carbonyl (C=O) groups excluding carboxylic acids is 2. The van der Waals surface area contributed by atoms with Gasteiger partial charge in [-0.25, -0.2) is 9.59 Å². The van der Waals surface area contributed by atoms with Gasteiger partial charge in [0.25, 0.3) is 5.91 Å². The van der Waals surface area contributed by atoms with E-state index in [0.29, 0.717) is 17.1 Å². The number of hydrogen-bond acceptors (Lipinski definition) is 3. The first-order valence-corrected chi connectivity index (χ1v) is 4.65. The number of urea groups is 1. The second-order valence-corrected chi connectivity index (χ2v) is 3.25. The van der Waals surface area contributed by atoms with E-state index < -0.39 is 37.0 Å². The summed E-state index contributed by atoms with van der Waals surface area (Å²) in [4.78, 5) is 32.8. The van der Waals surface area contributed by atoms with Gasteiger partial charge in [-0.15, -0.1) is 0 Å².